The Labute approximate surface area is 158 Å². The summed E-state index contributed by atoms with van der Waals surface area (Å²) in [6.07, 6.45) is 0. The molecule has 1 heterocycles. The van der Waals surface area contributed by atoms with Crippen LogP contribution >= 0.6 is 11.6 Å². The molecule has 2 N–H and O–H groups in total. The Hall–Kier alpha value is -2.17. The van der Waals surface area contributed by atoms with E-state index in [0.717, 1.165) is 6.54 Å². The molecule has 26 heavy (non-hydrogen) atoms. The van der Waals surface area contributed by atoms with E-state index in [1.807, 2.05) is 0 Å². The van der Waals surface area contributed by atoms with Crippen LogP contribution in [0.15, 0.2) is 47.3 Å². The highest BCUT2D eigenvalue weighted by atomic mass is 35.5. The maximum atomic E-state index is 12.2. The molecule has 0 fully saturated rings. The number of fused-ring (bicyclic) bond motifs is 1. The maximum absolute atomic E-state index is 12.2. The van der Waals surface area contributed by atoms with Crippen molar-refractivity contribution in [3.05, 3.63) is 74.8 Å². The standard InChI is InChI=1S/C21H24ClN3O/c1-21(2,3)15-7-5-14(6-8-15)12-25(4)13-19-23-18-11-16(22)9-10-17(18)20(26)24-19/h5-11H,12-13H2,1-4H3,(H,23,24,26)/p+1. The van der Waals surface area contributed by atoms with Gasteiger partial charge in [0.05, 0.1) is 18.0 Å². The van der Waals surface area contributed by atoms with E-state index < -0.39 is 0 Å². The van der Waals surface area contributed by atoms with Gasteiger partial charge < -0.3 is 9.88 Å². The smallest absolute Gasteiger partial charge is 0.258 e. The molecule has 0 bridgehead atoms. The highest BCUT2D eigenvalue weighted by Gasteiger charge is 2.14. The van der Waals surface area contributed by atoms with Gasteiger partial charge in [0.1, 0.15) is 13.1 Å². The number of nitrogens with zero attached hydrogens (tertiary/aromatic N) is 1. The number of halogens is 1. The average molecular weight is 371 g/mol. The fourth-order valence-electron chi connectivity index (χ4n) is 3.06. The molecule has 4 nitrogen and oxygen atoms in total. The molecule has 3 rings (SSSR count). The number of benzene rings is 2. The summed E-state index contributed by atoms with van der Waals surface area (Å²) in [5.41, 5.74) is 3.27. The largest absolute Gasteiger partial charge is 0.327 e. The minimum atomic E-state index is -0.121. The molecule has 5 heteroatoms. The molecule has 0 spiro atoms. The molecule has 0 radical (unpaired) electrons. The van der Waals surface area contributed by atoms with Gasteiger partial charge >= 0.3 is 0 Å². The molecule has 0 aliphatic heterocycles. The van der Waals surface area contributed by atoms with E-state index in [1.165, 1.54) is 16.0 Å². The van der Waals surface area contributed by atoms with Gasteiger partial charge in [0, 0.05) is 10.6 Å². The Bertz CT molecular complexity index is 971. The lowest BCUT2D eigenvalue weighted by Crippen LogP contribution is -3.06. The average Bonchev–Trinajstić information content (AvgIpc) is 2.53. The highest BCUT2D eigenvalue weighted by Crippen LogP contribution is 2.22. The fourth-order valence-corrected chi connectivity index (χ4v) is 3.23. The SMILES string of the molecule is C[NH+](Cc1ccc(C(C)(C)C)cc1)Cc1nc2cc(Cl)ccc2c(=O)[nH]1. The first-order chi connectivity index (χ1) is 12.2. The second kappa shape index (κ2) is 7.22. The first-order valence-corrected chi connectivity index (χ1v) is 9.19. The Balaban J connectivity index is 1.74. The monoisotopic (exact) mass is 370 g/mol. The van der Waals surface area contributed by atoms with Gasteiger partial charge in [-0.15, -0.1) is 0 Å². The van der Waals surface area contributed by atoms with Gasteiger partial charge in [0.15, 0.2) is 5.82 Å². The number of hydrogen-bond acceptors (Lipinski definition) is 2. The molecule has 0 amide bonds. The predicted octanol–water partition coefficient (Wildman–Crippen LogP) is 3.09. The van der Waals surface area contributed by atoms with E-state index in [-0.39, 0.29) is 11.0 Å². The lowest BCUT2D eigenvalue weighted by atomic mass is 9.87. The van der Waals surface area contributed by atoms with E-state index in [4.69, 9.17) is 11.6 Å². The summed E-state index contributed by atoms with van der Waals surface area (Å²) in [5, 5.41) is 1.15. The number of H-pyrrole nitrogens is 1. The van der Waals surface area contributed by atoms with Crippen molar-refractivity contribution >= 4 is 22.5 Å². The van der Waals surface area contributed by atoms with Crippen LogP contribution in [0.1, 0.15) is 37.7 Å². The third-order valence-corrected chi connectivity index (χ3v) is 4.75. The van der Waals surface area contributed by atoms with Crippen LogP contribution in [-0.4, -0.2) is 17.0 Å². The summed E-state index contributed by atoms with van der Waals surface area (Å²) in [4.78, 5) is 20.9. The zero-order valence-corrected chi connectivity index (χ0v) is 16.4. The first kappa shape index (κ1) is 18.6. The van der Waals surface area contributed by atoms with Crippen molar-refractivity contribution in [1.82, 2.24) is 9.97 Å². The van der Waals surface area contributed by atoms with E-state index in [2.05, 4.69) is 62.1 Å². The van der Waals surface area contributed by atoms with Crippen LogP contribution in [0.4, 0.5) is 0 Å². The normalized spacial score (nSPS) is 13.1. The van der Waals surface area contributed by atoms with Crippen LogP contribution in [0.2, 0.25) is 5.02 Å². The minimum absolute atomic E-state index is 0.121. The van der Waals surface area contributed by atoms with Gasteiger partial charge in [-0.2, -0.15) is 0 Å². The van der Waals surface area contributed by atoms with Crippen molar-refractivity contribution in [2.24, 2.45) is 0 Å². The lowest BCUT2D eigenvalue weighted by molar-refractivity contribution is -0.908. The summed E-state index contributed by atoms with van der Waals surface area (Å²) in [5.74, 6) is 0.675. The van der Waals surface area contributed by atoms with E-state index in [9.17, 15) is 4.79 Å². The van der Waals surface area contributed by atoms with Crippen LogP contribution in [0.3, 0.4) is 0 Å². The number of hydrogen-bond donors (Lipinski definition) is 2. The summed E-state index contributed by atoms with van der Waals surface area (Å²) in [6, 6.07) is 13.9. The summed E-state index contributed by atoms with van der Waals surface area (Å²) in [6.45, 7) is 8.15. The molecular formula is C21H25ClN3O+. The Morgan fingerprint density at radius 3 is 2.42 bits per heavy atom. The Morgan fingerprint density at radius 1 is 1.08 bits per heavy atom. The minimum Gasteiger partial charge on any atom is -0.327 e. The Kier molecular flexibility index (Phi) is 5.17. The van der Waals surface area contributed by atoms with Gasteiger partial charge in [-0.3, -0.25) is 4.79 Å². The van der Waals surface area contributed by atoms with Gasteiger partial charge in [0.2, 0.25) is 0 Å². The topological polar surface area (TPSA) is 50.2 Å². The zero-order chi connectivity index (χ0) is 18.9. The number of rotatable bonds is 4. The summed E-state index contributed by atoms with van der Waals surface area (Å²) < 4.78 is 0. The van der Waals surface area contributed by atoms with Gasteiger partial charge in [0.25, 0.3) is 5.56 Å². The van der Waals surface area contributed by atoms with Gasteiger partial charge in [-0.1, -0.05) is 56.6 Å². The zero-order valence-electron chi connectivity index (χ0n) is 15.7. The van der Waals surface area contributed by atoms with Crippen molar-refractivity contribution in [2.45, 2.75) is 39.3 Å². The lowest BCUT2D eigenvalue weighted by Gasteiger charge is -2.19. The summed E-state index contributed by atoms with van der Waals surface area (Å²) >= 11 is 6.02. The number of aromatic nitrogens is 2. The molecule has 136 valence electrons. The van der Waals surface area contributed by atoms with E-state index in [0.29, 0.717) is 28.3 Å². The Morgan fingerprint density at radius 2 is 1.77 bits per heavy atom. The van der Waals surface area contributed by atoms with Crippen molar-refractivity contribution in [2.75, 3.05) is 7.05 Å². The molecule has 1 atom stereocenters. The van der Waals surface area contributed by atoms with Crippen LogP contribution in [0.5, 0.6) is 0 Å². The molecular weight excluding hydrogens is 346 g/mol. The van der Waals surface area contributed by atoms with Gasteiger partial charge in [-0.05, 0) is 29.2 Å². The van der Waals surface area contributed by atoms with Crippen LogP contribution < -0.4 is 10.5 Å². The van der Waals surface area contributed by atoms with E-state index in [1.54, 1.807) is 18.2 Å². The molecule has 1 unspecified atom stereocenters. The maximum Gasteiger partial charge on any atom is 0.258 e. The predicted molar refractivity (Wildman–Crippen MR) is 107 cm³/mol. The molecule has 0 saturated heterocycles. The molecule has 1 aromatic heterocycles. The van der Waals surface area contributed by atoms with Crippen LogP contribution in [0, 0.1) is 0 Å². The van der Waals surface area contributed by atoms with Crippen LogP contribution in [-0.2, 0) is 18.5 Å². The molecule has 0 saturated carbocycles. The number of nitrogens with one attached hydrogen (secondary N) is 2. The van der Waals surface area contributed by atoms with Crippen molar-refractivity contribution in [3.8, 4) is 0 Å². The summed E-state index contributed by atoms with van der Waals surface area (Å²) in [7, 11) is 2.10. The van der Waals surface area contributed by atoms with Crippen molar-refractivity contribution < 1.29 is 4.90 Å². The molecule has 0 aliphatic carbocycles. The second-order valence-electron chi connectivity index (χ2n) is 7.93. The number of quaternary nitrogens is 1. The first-order valence-electron chi connectivity index (χ1n) is 8.81. The number of aromatic amines is 1. The van der Waals surface area contributed by atoms with Crippen LogP contribution in [0.25, 0.3) is 10.9 Å². The quantitative estimate of drug-likeness (QED) is 0.741. The van der Waals surface area contributed by atoms with Gasteiger partial charge in [-0.25, -0.2) is 4.98 Å². The molecule has 0 aliphatic rings. The second-order valence-corrected chi connectivity index (χ2v) is 8.37. The fraction of sp³-hybridized carbons (Fsp3) is 0.333. The molecule has 2 aromatic carbocycles. The van der Waals surface area contributed by atoms with Crippen molar-refractivity contribution in [1.29, 1.82) is 0 Å². The third kappa shape index (κ3) is 4.32. The highest BCUT2D eigenvalue weighted by molar-refractivity contribution is 6.31. The third-order valence-electron chi connectivity index (χ3n) is 4.51. The van der Waals surface area contributed by atoms with Crippen molar-refractivity contribution in [3.63, 3.8) is 0 Å². The van der Waals surface area contributed by atoms with E-state index >= 15 is 0 Å². The molecule has 3 aromatic rings.